The largest absolute Gasteiger partial charge is 0.446 e. The number of nitrogens with one attached hydrogen (secondary N) is 4. The second kappa shape index (κ2) is 10.9. The quantitative estimate of drug-likeness (QED) is 0.450. The van der Waals surface area contributed by atoms with E-state index in [9.17, 15) is 9.59 Å². The zero-order chi connectivity index (χ0) is 19.7. The van der Waals surface area contributed by atoms with E-state index in [4.69, 9.17) is 4.42 Å². The minimum absolute atomic E-state index is 0.0102. The third-order valence-electron chi connectivity index (χ3n) is 4.16. The molecule has 1 aromatic rings. The van der Waals surface area contributed by atoms with E-state index in [-0.39, 0.29) is 23.8 Å². The first-order valence-corrected chi connectivity index (χ1v) is 9.18. The van der Waals surface area contributed by atoms with Crippen LogP contribution in [-0.2, 0) is 16.0 Å². The van der Waals surface area contributed by atoms with Gasteiger partial charge in [0.15, 0.2) is 5.89 Å². The standard InChI is InChI=1S/C18H33N5O3/c1-7-20-18(25)16(11(2)3)23-17(24)13(5)21-10-14(19-6)8-15-22-9-12(4)26-15/h9,11,13-14,16,19,21H,7-8,10H2,1-6H3,(H,20,25)(H,23,24)/t13-,14-,16-/m0/s1. The number of aryl methyl sites for hydroxylation is 1. The molecule has 0 spiro atoms. The van der Waals surface area contributed by atoms with Crippen LogP contribution < -0.4 is 21.3 Å². The van der Waals surface area contributed by atoms with Crippen LogP contribution >= 0.6 is 0 Å². The molecule has 1 aromatic heterocycles. The Hall–Kier alpha value is -1.93. The second-order valence-corrected chi connectivity index (χ2v) is 6.81. The molecule has 1 heterocycles. The number of oxazole rings is 1. The lowest BCUT2D eigenvalue weighted by Crippen LogP contribution is -2.55. The fourth-order valence-electron chi connectivity index (χ4n) is 2.49. The van der Waals surface area contributed by atoms with Gasteiger partial charge in [-0.15, -0.1) is 0 Å². The van der Waals surface area contributed by atoms with Crippen molar-refractivity contribution in [3.63, 3.8) is 0 Å². The summed E-state index contributed by atoms with van der Waals surface area (Å²) in [6.07, 6.45) is 2.32. The molecule has 8 nitrogen and oxygen atoms in total. The van der Waals surface area contributed by atoms with Crippen LogP contribution in [-0.4, -0.2) is 55.1 Å². The van der Waals surface area contributed by atoms with E-state index in [0.29, 0.717) is 25.4 Å². The molecule has 0 aliphatic carbocycles. The highest BCUT2D eigenvalue weighted by molar-refractivity contribution is 5.89. The number of hydrogen-bond acceptors (Lipinski definition) is 6. The SMILES string of the molecule is CCNC(=O)[C@@H](NC(=O)[C@H](C)NC[C@H](Cc1ncc(C)o1)NC)C(C)C. The maximum absolute atomic E-state index is 12.4. The number of likely N-dealkylation sites (N-methyl/N-ethyl adjacent to an activating group) is 2. The number of rotatable bonds is 11. The highest BCUT2D eigenvalue weighted by Gasteiger charge is 2.26. The predicted octanol–water partition coefficient (Wildman–Crippen LogP) is 0.369. The molecule has 1 rings (SSSR count). The molecule has 2 amide bonds. The Labute approximate surface area is 155 Å². The van der Waals surface area contributed by atoms with E-state index in [1.54, 1.807) is 13.1 Å². The highest BCUT2D eigenvalue weighted by atomic mass is 16.4. The Kier molecular flexibility index (Phi) is 9.29. The van der Waals surface area contributed by atoms with Gasteiger partial charge in [0.1, 0.15) is 11.8 Å². The van der Waals surface area contributed by atoms with Crippen LogP contribution in [0.4, 0.5) is 0 Å². The van der Waals surface area contributed by atoms with Crippen molar-refractivity contribution in [2.45, 2.75) is 59.2 Å². The molecule has 0 unspecified atom stereocenters. The minimum atomic E-state index is -0.540. The number of carbonyl (C=O) groups is 2. The van der Waals surface area contributed by atoms with Gasteiger partial charge < -0.3 is 25.7 Å². The molecule has 0 aromatic carbocycles. The maximum atomic E-state index is 12.4. The van der Waals surface area contributed by atoms with Gasteiger partial charge >= 0.3 is 0 Å². The lowest BCUT2D eigenvalue weighted by atomic mass is 10.0. The van der Waals surface area contributed by atoms with Crippen molar-refractivity contribution in [1.29, 1.82) is 0 Å². The molecular formula is C18H33N5O3. The molecule has 0 saturated carbocycles. The fraction of sp³-hybridized carbons (Fsp3) is 0.722. The normalized spacial score (nSPS) is 14.7. The van der Waals surface area contributed by atoms with Crippen molar-refractivity contribution in [2.75, 3.05) is 20.1 Å². The van der Waals surface area contributed by atoms with Crippen LogP contribution in [0.15, 0.2) is 10.6 Å². The molecule has 0 aliphatic rings. The van der Waals surface area contributed by atoms with Crippen molar-refractivity contribution in [3.05, 3.63) is 17.8 Å². The summed E-state index contributed by atoms with van der Waals surface area (Å²) in [5, 5.41) is 12.0. The summed E-state index contributed by atoms with van der Waals surface area (Å²) >= 11 is 0. The molecule has 8 heteroatoms. The van der Waals surface area contributed by atoms with E-state index >= 15 is 0 Å². The van der Waals surface area contributed by atoms with E-state index in [1.807, 2.05) is 34.7 Å². The average Bonchev–Trinajstić information content (AvgIpc) is 3.00. The molecule has 4 N–H and O–H groups in total. The van der Waals surface area contributed by atoms with E-state index in [0.717, 1.165) is 5.76 Å². The number of nitrogens with zero attached hydrogens (tertiary/aromatic N) is 1. The zero-order valence-corrected chi connectivity index (χ0v) is 16.7. The van der Waals surface area contributed by atoms with E-state index in [2.05, 4.69) is 26.3 Å². The second-order valence-electron chi connectivity index (χ2n) is 6.81. The summed E-state index contributed by atoms with van der Waals surface area (Å²) in [4.78, 5) is 28.7. The van der Waals surface area contributed by atoms with Crippen LogP contribution in [0.2, 0.25) is 0 Å². The Balaban J connectivity index is 2.52. The summed E-state index contributed by atoms with van der Waals surface area (Å²) < 4.78 is 5.50. The van der Waals surface area contributed by atoms with Gasteiger partial charge in [-0.2, -0.15) is 0 Å². The fourth-order valence-corrected chi connectivity index (χ4v) is 2.49. The van der Waals surface area contributed by atoms with Gasteiger partial charge in [0.2, 0.25) is 11.8 Å². The van der Waals surface area contributed by atoms with Gasteiger partial charge in [-0.3, -0.25) is 9.59 Å². The molecule has 0 radical (unpaired) electrons. The third-order valence-corrected chi connectivity index (χ3v) is 4.16. The van der Waals surface area contributed by atoms with Gasteiger partial charge in [0, 0.05) is 25.6 Å². The lowest BCUT2D eigenvalue weighted by Gasteiger charge is -2.24. The van der Waals surface area contributed by atoms with Crippen LogP contribution in [0.3, 0.4) is 0 Å². The van der Waals surface area contributed by atoms with Crippen molar-refractivity contribution in [1.82, 2.24) is 26.3 Å². The van der Waals surface area contributed by atoms with Crippen molar-refractivity contribution in [2.24, 2.45) is 5.92 Å². The van der Waals surface area contributed by atoms with Crippen LogP contribution in [0.25, 0.3) is 0 Å². The van der Waals surface area contributed by atoms with E-state index in [1.165, 1.54) is 0 Å². The summed E-state index contributed by atoms with van der Waals surface area (Å²) in [6.45, 7) is 10.4. The van der Waals surface area contributed by atoms with Gasteiger partial charge in [-0.05, 0) is 33.7 Å². The molecule has 3 atom stereocenters. The number of carbonyl (C=O) groups excluding carboxylic acids is 2. The van der Waals surface area contributed by atoms with Gasteiger partial charge in [-0.25, -0.2) is 4.98 Å². The molecule has 148 valence electrons. The monoisotopic (exact) mass is 367 g/mol. The summed E-state index contributed by atoms with van der Waals surface area (Å²) in [6, 6.07) is -0.887. The smallest absolute Gasteiger partial charge is 0.242 e. The first kappa shape index (κ1) is 22.1. The third kappa shape index (κ3) is 7.13. The Morgan fingerprint density at radius 1 is 1.23 bits per heavy atom. The van der Waals surface area contributed by atoms with Crippen LogP contribution in [0.1, 0.15) is 39.3 Å². The van der Waals surface area contributed by atoms with Crippen molar-refractivity contribution >= 4 is 11.8 Å². The molecular weight excluding hydrogens is 334 g/mol. The molecule has 0 fully saturated rings. The zero-order valence-electron chi connectivity index (χ0n) is 16.7. The highest BCUT2D eigenvalue weighted by Crippen LogP contribution is 2.05. The average molecular weight is 367 g/mol. The minimum Gasteiger partial charge on any atom is -0.446 e. The number of amides is 2. The van der Waals surface area contributed by atoms with Gasteiger partial charge in [0.25, 0.3) is 0 Å². The van der Waals surface area contributed by atoms with Crippen LogP contribution in [0, 0.1) is 12.8 Å². The van der Waals surface area contributed by atoms with Crippen LogP contribution in [0.5, 0.6) is 0 Å². The van der Waals surface area contributed by atoms with Crippen molar-refractivity contribution in [3.8, 4) is 0 Å². The number of aromatic nitrogens is 1. The maximum Gasteiger partial charge on any atom is 0.242 e. The van der Waals surface area contributed by atoms with E-state index < -0.39 is 12.1 Å². The first-order chi connectivity index (χ1) is 12.3. The van der Waals surface area contributed by atoms with Gasteiger partial charge in [-0.1, -0.05) is 13.8 Å². The Morgan fingerprint density at radius 3 is 2.42 bits per heavy atom. The Bertz CT molecular complexity index is 573. The first-order valence-electron chi connectivity index (χ1n) is 9.18. The van der Waals surface area contributed by atoms with Crippen molar-refractivity contribution < 1.29 is 14.0 Å². The predicted molar refractivity (Wildman–Crippen MR) is 101 cm³/mol. The topological polar surface area (TPSA) is 108 Å². The summed E-state index contributed by atoms with van der Waals surface area (Å²) in [5.74, 6) is 1.10. The molecule has 26 heavy (non-hydrogen) atoms. The molecule has 0 aliphatic heterocycles. The molecule has 0 bridgehead atoms. The molecule has 0 saturated heterocycles. The summed E-state index contributed by atoms with van der Waals surface area (Å²) in [5.41, 5.74) is 0. The summed E-state index contributed by atoms with van der Waals surface area (Å²) in [7, 11) is 1.86. The van der Waals surface area contributed by atoms with Gasteiger partial charge in [0.05, 0.1) is 12.2 Å². The number of hydrogen-bond donors (Lipinski definition) is 4. The lowest BCUT2D eigenvalue weighted by molar-refractivity contribution is -0.130. The Morgan fingerprint density at radius 2 is 1.92 bits per heavy atom.